The van der Waals surface area contributed by atoms with Gasteiger partial charge in [-0.1, -0.05) is 48.6 Å². The van der Waals surface area contributed by atoms with Crippen molar-refractivity contribution in [2.24, 2.45) is 0 Å². The van der Waals surface area contributed by atoms with Crippen LogP contribution in [0.4, 0.5) is 11.4 Å². The second-order valence-electron chi connectivity index (χ2n) is 6.54. The lowest BCUT2D eigenvalue weighted by atomic mass is 10.0. The van der Waals surface area contributed by atoms with Crippen LogP contribution < -0.4 is 4.90 Å². The fourth-order valence-corrected chi connectivity index (χ4v) is 2.84. The van der Waals surface area contributed by atoms with Gasteiger partial charge in [0.15, 0.2) is 0 Å². The minimum Gasteiger partial charge on any atom is -0.378 e. The maximum atomic E-state index is 10.9. The molecule has 0 aliphatic heterocycles. The average molecular weight is 369 g/mol. The third-order valence-electron chi connectivity index (χ3n) is 4.43. The molecule has 0 saturated heterocycles. The summed E-state index contributed by atoms with van der Waals surface area (Å²) < 4.78 is 0. The average Bonchev–Trinajstić information content (AvgIpc) is 2.72. The van der Waals surface area contributed by atoms with Crippen molar-refractivity contribution in [2.75, 3.05) is 19.0 Å². The first kappa shape index (κ1) is 18.9. The lowest BCUT2D eigenvalue weighted by Gasteiger charge is -2.12. The molecular weight excluding hydrogens is 350 g/mol. The summed E-state index contributed by atoms with van der Waals surface area (Å²) in [5.41, 5.74) is 5.06. The molecule has 0 radical (unpaired) electrons. The second-order valence-corrected chi connectivity index (χ2v) is 6.54. The standard InChI is InChI=1S/C23H19N3O2/c1-25(2)22-12-10-20(11-13-22)19-8-5-17(6-9-19)3-4-18-7-14-23(26(27)28)21(15-18)16-24/h3-15H,1-2H3/b4-3+. The summed E-state index contributed by atoms with van der Waals surface area (Å²) in [7, 11) is 4.03. The van der Waals surface area contributed by atoms with Crippen LogP contribution in [0.15, 0.2) is 66.7 Å². The molecule has 0 fully saturated rings. The summed E-state index contributed by atoms with van der Waals surface area (Å²) >= 11 is 0. The predicted molar refractivity (Wildman–Crippen MR) is 113 cm³/mol. The van der Waals surface area contributed by atoms with Crippen LogP contribution >= 0.6 is 0 Å². The molecule has 3 aromatic carbocycles. The molecule has 0 aromatic heterocycles. The van der Waals surface area contributed by atoms with Crippen LogP contribution in [0.3, 0.4) is 0 Å². The van der Waals surface area contributed by atoms with Gasteiger partial charge >= 0.3 is 0 Å². The first-order chi connectivity index (χ1) is 13.5. The molecule has 3 rings (SSSR count). The Bertz CT molecular complexity index is 1060. The van der Waals surface area contributed by atoms with Crippen LogP contribution in [-0.2, 0) is 0 Å². The van der Waals surface area contributed by atoms with E-state index in [-0.39, 0.29) is 11.3 Å². The van der Waals surface area contributed by atoms with Crippen LogP contribution in [0, 0.1) is 21.4 Å². The fraction of sp³-hybridized carbons (Fsp3) is 0.0870. The quantitative estimate of drug-likeness (QED) is 0.344. The largest absolute Gasteiger partial charge is 0.378 e. The summed E-state index contributed by atoms with van der Waals surface area (Å²) in [6.07, 6.45) is 3.76. The maximum Gasteiger partial charge on any atom is 0.287 e. The molecule has 0 spiro atoms. The molecule has 28 heavy (non-hydrogen) atoms. The number of hydrogen-bond acceptors (Lipinski definition) is 4. The Kier molecular flexibility index (Phi) is 5.52. The molecule has 138 valence electrons. The van der Waals surface area contributed by atoms with E-state index < -0.39 is 4.92 Å². The number of anilines is 1. The fourth-order valence-electron chi connectivity index (χ4n) is 2.84. The van der Waals surface area contributed by atoms with Gasteiger partial charge in [0.25, 0.3) is 5.69 Å². The summed E-state index contributed by atoms with van der Waals surface area (Å²) in [4.78, 5) is 12.4. The normalized spacial score (nSPS) is 10.6. The molecule has 3 aromatic rings. The van der Waals surface area contributed by atoms with E-state index in [9.17, 15) is 10.1 Å². The van der Waals surface area contributed by atoms with E-state index in [2.05, 4.69) is 41.3 Å². The van der Waals surface area contributed by atoms with Gasteiger partial charge in [-0.05, 0) is 46.5 Å². The molecular formula is C23H19N3O2. The summed E-state index contributed by atoms with van der Waals surface area (Å²) in [6.45, 7) is 0. The molecule has 0 atom stereocenters. The van der Waals surface area contributed by atoms with Gasteiger partial charge in [0.05, 0.1) is 4.92 Å². The highest BCUT2D eigenvalue weighted by atomic mass is 16.6. The van der Waals surface area contributed by atoms with E-state index in [1.807, 2.05) is 44.4 Å². The van der Waals surface area contributed by atoms with Crippen molar-refractivity contribution in [1.82, 2.24) is 0 Å². The van der Waals surface area contributed by atoms with E-state index in [0.29, 0.717) is 0 Å². The number of nitro benzene ring substituents is 1. The van der Waals surface area contributed by atoms with Crippen LogP contribution in [0.1, 0.15) is 16.7 Å². The number of rotatable bonds is 5. The summed E-state index contributed by atoms with van der Waals surface area (Å²) in [6, 6.07) is 22.9. The van der Waals surface area contributed by atoms with Gasteiger partial charge in [-0.15, -0.1) is 0 Å². The number of nitro groups is 1. The molecule has 0 aliphatic carbocycles. The van der Waals surface area contributed by atoms with Gasteiger partial charge in [0.1, 0.15) is 11.6 Å². The van der Waals surface area contributed by atoms with Gasteiger partial charge < -0.3 is 4.90 Å². The molecule has 0 saturated carbocycles. The molecule has 0 N–H and O–H groups in total. The molecule has 5 nitrogen and oxygen atoms in total. The lowest BCUT2D eigenvalue weighted by Crippen LogP contribution is -2.07. The zero-order valence-corrected chi connectivity index (χ0v) is 15.7. The van der Waals surface area contributed by atoms with Crippen molar-refractivity contribution in [3.63, 3.8) is 0 Å². The maximum absolute atomic E-state index is 10.9. The molecule has 0 heterocycles. The van der Waals surface area contributed by atoms with Crippen molar-refractivity contribution in [3.05, 3.63) is 93.5 Å². The van der Waals surface area contributed by atoms with E-state index in [1.54, 1.807) is 6.07 Å². The zero-order chi connectivity index (χ0) is 20.1. The Balaban J connectivity index is 1.77. The van der Waals surface area contributed by atoms with E-state index in [1.165, 1.54) is 12.1 Å². The Morgan fingerprint density at radius 1 is 0.893 bits per heavy atom. The molecule has 0 amide bonds. The van der Waals surface area contributed by atoms with Crippen molar-refractivity contribution in [2.45, 2.75) is 0 Å². The minimum absolute atomic E-state index is 0.0590. The monoisotopic (exact) mass is 369 g/mol. The molecule has 0 bridgehead atoms. The van der Waals surface area contributed by atoms with Gasteiger partial charge in [0, 0.05) is 25.8 Å². The number of benzene rings is 3. The first-order valence-electron chi connectivity index (χ1n) is 8.72. The minimum atomic E-state index is -0.546. The Labute approximate surface area is 163 Å². The Morgan fingerprint density at radius 3 is 1.96 bits per heavy atom. The number of nitriles is 1. The summed E-state index contributed by atoms with van der Waals surface area (Å²) in [5.74, 6) is 0. The van der Waals surface area contributed by atoms with Crippen LogP contribution in [0.2, 0.25) is 0 Å². The van der Waals surface area contributed by atoms with Crippen molar-refractivity contribution in [3.8, 4) is 17.2 Å². The highest BCUT2D eigenvalue weighted by Gasteiger charge is 2.12. The molecule has 5 heteroatoms. The topological polar surface area (TPSA) is 70.2 Å². The zero-order valence-electron chi connectivity index (χ0n) is 15.7. The van der Waals surface area contributed by atoms with E-state index >= 15 is 0 Å². The first-order valence-corrected chi connectivity index (χ1v) is 8.72. The van der Waals surface area contributed by atoms with Gasteiger partial charge in [-0.3, -0.25) is 10.1 Å². The predicted octanol–water partition coefficient (Wildman–Crippen LogP) is 5.37. The smallest absolute Gasteiger partial charge is 0.287 e. The summed E-state index contributed by atoms with van der Waals surface area (Å²) in [5, 5.41) is 20.0. The van der Waals surface area contributed by atoms with Crippen molar-refractivity contribution in [1.29, 1.82) is 5.26 Å². The lowest BCUT2D eigenvalue weighted by molar-refractivity contribution is -0.385. The van der Waals surface area contributed by atoms with Gasteiger partial charge in [0.2, 0.25) is 0 Å². The van der Waals surface area contributed by atoms with Crippen LogP contribution in [0.5, 0.6) is 0 Å². The Hall–Kier alpha value is -3.91. The highest BCUT2D eigenvalue weighted by molar-refractivity contribution is 5.73. The van der Waals surface area contributed by atoms with Crippen LogP contribution in [-0.4, -0.2) is 19.0 Å². The second kappa shape index (κ2) is 8.19. The third kappa shape index (κ3) is 4.25. The van der Waals surface area contributed by atoms with Crippen molar-refractivity contribution >= 4 is 23.5 Å². The van der Waals surface area contributed by atoms with E-state index in [4.69, 9.17) is 5.26 Å². The number of hydrogen-bond donors (Lipinski definition) is 0. The van der Waals surface area contributed by atoms with Crippen LogP contribution in [0.25, 0.3) is 23.3 Å². The van der Waals surface area contributed by atoms with Crippen molar-refractivity contribution < 1.29 is 4.92 Å². The third-order valence-corrected chi connectivity index (χ3v) is 4.43. The SMILES string of the molecule is CN(C)c1ccc(-c2ccc(/C=C/c3ccc([N+](=O)[O-])c(C#N)c3)cc2)cc1. The molecule has 0 aliphatic rings. The highest BCUT2D eigenvalue weighted by Crippen LogP contribution is 2.24. The molecule has 0 unspecified atom stereocenters. The Morgan fingerprint density at radius 2 is 1.43 bits per heavy atom. The number of nitrogens with zero attached hydrogens (tertiary/aromatic N) is 3. The van der Waals surface area contributed by atoms with E-state index in [0.717, 1.165) is 27.9 Å². The van der Waals surface area contributed by atoms with Gasteiger partial charge in [-0.2, -0.15) is 5.26 Å². The van der Waals surface area contributed by atoms with Gasteiger partial charge in [-0.25, -0.2) is 0 Å².